The number of hydrogen-bond acceptors (Lipinski definition) is 5. The van der Waals surface area contributed by atoms with E-state index in [-0.39, 0.29) is 17.4 Å². The molecule has 0 bridgehead atoms. The predicted molar refractivity (Wildman–Crippen MR) is 120 cm³/mol. The van der Waals surface area contributed by atoms with Crippen LogP contribution in [0.15, 0.2) is 66.9 Å². The number of nitrogens with zero attached hydrogens (tertiary/aromatic N) is 1. The van der Waals surface area contributed by atoms with Crippen molar-refractivity contribution in [1.29, 1.82) is 0 Å². The Morgan fingerprint density at radius 2 is 1.68 bits per heavy atom. The van der Waals surface area contributed by atoms with E-state index in [1.165, 1.54) is 30.5 Å². The van der Waals surface area contributed by atoms with Gasteiger partial charge in [0, 0.05) is 37.1 Å². The topological polar surface area (TPSA) is 92.4 Å². The van der Waals surface area contributed by atoms with Crippen molar-refractivity contribution in [1.82, 2.24) is 15.6 Å². The van der Waals surface area contributed by atoms with Crippen LogP contribution in [0.1, 0.15) is 38.9 Å². The summed E-state index contributed by atoms with van der Waals surface area (Å²) >= 11 is 0. The molecule has 0 aliphatic rings. The summed E-state index contributed by atoms with van der Waals surface area (Å²) in [5.74, 6) is -0.981. The minimum Gasteiger partial charge on any atom is -0.406 e. The molecule has 0 aliphatic carbocycles. The lowest BCUT2D eigenvalue weighted by Crippen LogP contribution is -2.23. The standard InChI is InChI=1S/C24H23F3N4O3/c1-2-29-22(32)18-11-17(12-19(13-18)31-23(33)21-5-3-4-10-30-21)15-28-14-16-6-8-20(9-7-16)34-24(25,26)27/h3-13,28H,2,14-15H2,1H3,(H,29,32)(H,31,33). The van der Waals surface area contributed by atoms with Crippen molar-refractivity contribution in [3.8, 4) is 5.75 Å². The predicted octanol–water partition coefficient (Wildman–Crippen LogP) is 4.27. The highest BCUT2D eigenvalue weighted by molar-refractivity contribution is 6.04. The number of aromatic nitrogens is 1. The molecule has 0 saturated heterocycles. The molecule has 2 aromatic carbocycles. The lowest BCUT2D eigenvalue weighted by molar-refractivity contribution is -0.274. The third-order valence-electron chi connectivity index (χ3n) is 4.56. The summed E-state index contributed by atoms with van der Waals surface area (Å²) in [6.07, 6.45) is -3.23. The summed E-state index contributed by atoms with van der Waals surface area (Å²) in [5.41, 5.74) is 2.54. The zero-order valence-electron chi connectivity index (χ0n) is 18.3. The molecule has 0 fully saturated rings. The largest absolute Gasteiger partial charge is 0.573 e. The highest BCUT2D eigenvalue weighted by Crippen LogP contribution is 2.23. The number of pyridine rings is 1. The van der Waals surface area contributed by atoms with E-state index >= 15 is 0 Å². The number of halogens is 3. The summed E-state index contributed by atoms with van der Waals surface area (Å²) in [5, 5.41) is 8.66. The first kappa shape index (κ1) is 24.7. The first-order valence-electron chi connectivity index (χ1n) is 10.4. The van der Waals surface area contributed by atoms with Crippen LogP contribution in [0.3, 0.4) is 0 Å². The molecule has 0 spiro atoms. The van der Waals surface area contributed by atoms with Gasteiger partial charge in [-0.1, -0.05) is 18.2 Å². The van der Waals surface area contributed by atoms with Gasteiger partial charge in [-0.2, -0.15) is 0 Å². The molecule has 2 amide bonds. The van der Waals surface area contributed by atoms with E-state index in [0.717, 1.165) is 11.1 Å². The molecule has 1 heterocycles. The Hall–Kier alpha value is -3.92. The quantitative estimate of drug-likeness (QED) is 0.433. The van der Waals surface area contributed by atoms with Gasteiger partial charge in [0.25, 0.3) is 11.8 Å². The van der Waals surface area contributed by atoms with Gasteiger partial charge in [0.15, 0.2) is 0 Å². The summed E-state index contributed by atoms with van der Waals surface area (Å²) in [6.45, 7) is 2.97. The molecule has 3 rings (SSSR count). The van der Waals surface area contributed by atoms with Gasteiger partial charge in [-0.3, -0.25) is 14.6 Å². The summed E-state index contributed by atoms with van der Waals surface area (Å²) in [6, 6.07) is 15.5. The third kappa shape index (κ3) is 7.59. The number of ether oxygens (including phenoxy) is 1. The smallest absolute Gasteiger partial charge is 0.406 e. The van der Waals surface area contributed by atoms with E-state index < -0.39 is 12.3 Å². The van der Waals surface area contributed by atoms with Crippen molar-refractivity contribution < 1.29 is 27.5 Å². The average Bonchev–Trinajstić information content (AvgIpc) is 2.80. The number of nitrogens with one attached hydrogen (secondary N) is 3. The first-order chi connectivity index (χ1) is 16.2. The van der Waals surface area contributed by atoms with E-state index in [1.807, 2.05) is 0 Å². The van der Waals surface area contributed by atoms with Crippen LogP contribution in [0, 0.1) is 0 Å². The number of alkyl halides is 3. The molecule has 178 valence electrons. The molecule has 7 nitrogen and oxygen atoms in total. The minimum absolute atomic E-state index is 0.239. The van der Waals surface area contributed by atoms with Crippen LogP contribution in [0.5, 0.6) is 5.75 Å². The van der Waals surface area contributed by atoms with Crippen molar-refractivity contribution in [2.45, 2.75) is 26.4 Å². The number of hydrogen-bond donors (Lipinski definition) is 3. The van der Waals surface area contributed by atoms with Gasteiger partial charge >= 0.3 is 6.36 Å². The summed E-state index contributed by atoms with van der Waals surface area (Å²) < 4.78 is 40.7. The zero-order valence-corrected chi connectivity index (χ0v) is 18.3. The van der Waals surface area contributed by atoms with Crippen LogP contribution in [0.25, 0.3) is 0 Å². The Labute approximate surface area is 194 Å². The molecule has 0 radical (unpaired) electrons. The Balaban J connectivity index is 1.68. The Kier molecular flexibility index (Phi) is 8.20. The van der Waals surface area contributed by atoms with Crippen molar-refractivity contribution in [3.05, 3.63) is 89.2 Å². The lowest BCUT2D eigenvalue weighted by Gasteiger charge is -2.12. The van der Waals surface area contributed by atoms with Crippen LogP contribution >= 0.6 is 0 Å². The Bertz CT molecular complexity index is 1120. The molecule has 1 aromatic heterocycles. The van der Waals surface area contributed by atoms with Crippen LogP contribution in [0.4, 0.5) is 18.9 Å². The van der Waals surface area contributed by atoms with Crippen LogP contribution < -0.4 is 20.7 Å². The van der Waals surface area contributed by atoms with E-state index in [2.05, 4.69) is 25.7 Å². The highest BCUT2D eigenvalue weighted by atomic mass is 19.4. The normalized spacial score (nSPS) is 11.1. The number of benzene rings is 2. The van der Waals surface area contributed by atoms with Crippen LogP contribution in [0.2, 0.25) is 0 Å². The van der Waals surface area contributed by atoms with Gasteiger partial charge in [0.05, 0.1) is 0 Å². The van der Waals surface area contributed by atoms with Gasteiger partial charge in [-0.15, -0.1) is 13.2 Å². The van der Waals surface area contributed by atoms with Gasteiger partial charge in [0.2, 0.25) is 0 Å². The van der Waals surface area contributed by atoms with E-state index in [0.29, 0.717) is 30.9 Å². The number of amides is 2. The van der Waals surface area contributed by atoms with Gasteiger partial charge < -0.3 is 20.7 Å². The fourth-order valence-corrected chi connectivity index (χ4v) is 3.11. The molecule has 0 aliphatic heterocycles. The number of rotatable bonds is 9. The van der Waals surface area contributed by atoms with Gasteiger partial charge in [-0.25, -0.2) is 0 Å². The van der Waals surface area contributed by atoms with Crippen molar-refractivity contribution in [2.24, 2.45) is 0 Å². The first-order valence-corrected chi connectivity index (χ1v) is 10.4. The fourth-order valence-electron chi connectivity index (χ4n) is 3.11. The monoisotopic (exact) mass is 472 g/mol. The van der Waals surface area contributed by atoms with E-state index in [1.54, 1.807) is 43.3 Å². The maximum Gasteiger partial charge on any atom is 0.573 e. The van der Waals surface area contributed by atoms with Crippen molar-refractivity contribution >= 4 is 17.5 Å². The number of carbonyl (C=O) groups excluding carboxylic acids is 2. The van der Waals surface area contributed by atoms with Crippen molar-refractivity contribution in [2.75, 3.05) is 11.9 Å². The molecular formula is C24H23F3N4O3. The fraction of sp³-hybridized carbons (Fsp3) is 0.208. The second-order valence-corrected chi connectivity index (χ2v) is 7.24. The highest BCUT2D eigenvalue weighted by Gasteiger charge is 2.30. The Morgan fingerprint density at radius 1 is 0.941 bits per heavy atom. The van der Waals surface area contributed by atoms with Crippen LogP contribution in [-0.2, 0) is 13.1 Å². The van der Waals surface area contributed by atoms with Gasteiger partial charge in [0.1, 0.15) is 11.4 Å². The average molecular weight is 472 g/mol. The Morgan fingerprint density at radius 3 is 2.32 bits per heavy atom. The second-order valence-electron chi connectivity index (χ2n) is 7.24. The molecule has 10 heteroatoms. The molecular weight excluding hydrogens is 449 g/mol. The van der Waals surface area contributed by atoms with E-state index in [4.69, 9.17) is 0 Å². The zero-order chi connectivity index (χ0) is 24.6. The number of carbonyl (C=O) groups is 2. The molecule has 34 heavy (non-hydrogen) atoms. The third-order valence-corrected chi connectivity index (χ3v) is 4.56. The van der Waals surface area contributed by atoms with Gasteiger partial charge in [-0.05, 0) is 60.5 Å². The molecule has 0 unspecified atom stereocenters. The summed E-state index contributed by atoms with van der Waals surface area (Å²) in [7, 11) is 0. The SMILES string of the molecule is CCNC(=O)c1cc(CNCc2ccc(OC(F)(F)F)cc2)cc(NC(=O)c2ccccn2)c1. The number of anilines is 1. The van der Waals surface area contributed by atoms with E-state index in [9.17, 15) is 22.8 Å². The lowest BCUT2D eigenvalue weighted by atomic mass is 10.1. The second kappa shape index (κ2) is 11.3. The molecule has 0 saturated carbocycles. The van der Waals surface area contributed by atoms with Crippen LogP contribution in [-0.4, -0.2) is 29.7 Å². The van der Waals surface area contributed by atoms with Crippen molar-refractivity contribution in [3.63, 3.8) is 0 Å². The summed E-state index contributed by atoms with van der Waals surface area (Å²) in [4.78, 5) is 28.9. The minimum atomic E-state index is -4.74. The molecule has 3 N–H and O–H groups in total. The maximum atomic E-state index is 12.5. The molecule has 3 aromatic rings. The molecule has 0 atom stereocenters. The maximum absolute atomic E-state index is 12.5.